The molecule has 8 fully saturated rings. The van der Waals surface area contributed by atoms with Crippen LogP contribution in [-0.2, 0) is 28.5 Å². The third-order valence-corrected chi connectivity index (χ3v) is 27.5. The highest BCUT2D eigenvalue weighted by molar-refractivity contribution is 9.11. The number of carboxylic acids is 1. The van der Waals surface area contributed by atoms with Gasteiger partial charge in [0.2, 0.25) is 0 Å². The third-order valence-electron chi connectivity index (χ3n) is 24.6. The lowest BCUT2D eigenvalue weighted by Gasteiger charge is -2.26. The van der Waals surface area contributed by atoms with Gasteiger partial charge in [0.05, 0.1) is 69.3 Å². The molecule has 30 nitrogen and oxygen atoms in total. The van der Waals surface area contributed by atoms with Gasteiger partial charge >= 0.3 is 37.4 Å². The zero-order valence-electron chi connectivity index (χ0n) is 83.0. The van der Waals surface area contributed by atoms with Gasteiger partial charge in [-0.1, -0.05) is 12.8 Å². The number of ether oxygens (including phenoxy) is 7. The van der Waals surface area contributed by atoms with Crippen LogP contribution in [0.1, 0.15) is 219 Å². The van der Waals surface area contributed by atoms with Crippen molar-refractivity contribution in [1.82, 2.24) is 29.7 Å². The molecule has 0 spiro atoms. The van der Waals surface area contributed by atoms with E-state index in [9.17, 15) is 64.7 Å². The van der Waals surface area contributed by atoms with Gasteiger partial charge in [-0.2, -0.15) is 13.2 Å². The zero-order chi connectivity index (χ0) is 105. The number of alkyl halides is 3. The Morgan fingerprint density at radius 1 is 0.539 bits per heavy atom. The number of fused-ring (bicyclic) bond motifs is 3. The molecular weight excluding hydrogens is 2050 g/mol. The van der Waals surface area contributed by atoms with E-state index >= 15 is 8.78 Å². The number of carbonyl (C=O) groups is 6. The quantitative estimate of drug-likeness (QED) is 0.00805. The van der Waals surface area contributed by atoms with E-state index in [-0.39, 0.29) is 124 Å². The van der Waals surface area contributed by atoms with Gasteiger partial charge in [-0.25, -0.2) is 41.1 Å². The number of esters is 1. The van der Waals surface area contributed by atoms with Crippen molar-refractivity contribution in [3.63, 3.8) is 0 Å². The Morgan fingerprint density at radius 2 is 0.915 bits per heavy atom. The number of halogens is 11. The highest BCUT2D eigenvalue weighted by Gasteiger charge is 2.40. The summed E-state index contributed by atoms with van der Waals surface area (Å²) in [7, 11) is 4.83. The number of aldehydes is 2. The summed E-state index contributed by atoms with van der Waals surface area (Å²) in [5, 5.41) is 38.0. The number of aryl methyl sites for hydroxylation is 3. The average molecular weight is 2180 g/mol. The smallest absolute Gasteiger partial charge is 0.490 e. The van der Waals surface area contributed by atoms with Gasteiger partial charge in [-0.05, 0) is 335 Å². The highest BCUT2D eigenvalue weighted by atomic mass is 79.9. The molecule has 6 heterocycles. The van der Waals surface area contributed by atoms with Gasteiger partial charge in [0, 0.05) is 114 Å². The van der Waals surface area contributed by atoms with Crippen molar-refractivity contribution in [2.75, 3.05) is 102 Å². The Kier molecular flexibility index (Phi) is 41.9. The lowest BCUT2D eigenvalue weighted by Crippen LogP contribution is -2.42. The number of hydrogen-bond acceptors (Lipinski definition) is 24. The molecule has 5 aromatic carbocycles. The molecule has 776 valence electrons. The lowest BCUT2D eigenvalue weighted by atomic mass is 9.84. The van der Waals surface area contributed by atoms with E-state index in [1.807, 2.05) is 92.6 Å². The number of nitrogens with one attached hydrogen (secondary N) is 4. The van der Waals surface area contributed by atoms with Crippen LogP contribution in [0.2, 0.25) is 5.82 Å². The largest absolute Gasteiger partial charge is 0.491 e. The normalized spacial score (nSPS) is 17.5. The van der Waals surface area contributed by atoms with Crippen molar-refractivity contribution in [3.8, 4) is 17.2 Å². The molecule has 3 aromatic heterocycles. The van der Waals surface area contributed by atoms with E-state index in [2.05, 4.69) is 83.4 Å². The van der Waals surface area contributed by atoms with Crippen LogP contribution in [0.15, 0.2) is 76.3 Å². The minimum atomic E-state index is -5.08. The number of carbonyl (C=O) groups excluding carboxylic acids is 5. The van der Waals surface area contributed by atoms with Gasteiger partial charge in [0.15, 0.2) is 29.8 Å². The molecular formula is C99H131BBr3F8N11O19. The molecule has 8 aliphatic rings. The Bertz CT molecular complexity index is 5970. The summed E-state index contributed by atoms with van der Waals surface area (Å²) in [6.45, 7) is 33.3. The standard InChI is InChI=1S/C25H34FN3O4.C20H26FN3O2.C14H13BrFNO2.C11H11BrFNO.C11H22N2O2.C8H7BrFNO.C5H10O3.C3H7BO2.C2HF3O2/c1-14-21-17(12-20(32-6)23(30)29(21)18-7-8-18)11-19(26)22(14)28-10-9-16(13-28)15(2)27-24(31)33-25(3,4)5;1-11-18-14(9-17(26-3)20(25)24(18)15-4-5-15)8-16(21)19(11)23-7-6-13(10-23)12(2)22;1-7-12(15)10(16)5-8-6-11(19-2)14(18)17(13(7)8)9-3-4-9;1-6-10(12)9(13)4-7(5-15)11(6)14-8-2-3-8;1-8(9-5-6-12-7-9)13-10(14)15-11(2,3)4;1-4-7(9)6(10)2-5(3-12)8(4)11;1-3-8-5(6)4-7-2;5-4(6)3-1-2-3;3-2(4,5)1(6)7/h11-12,15-16,18H,7-10,13H2,1-6H3,(H,27,31);8-9,12-13,15H,4-7,10,22H2,1-3H3;5-6,9H,3-4H2,1-2H3;4-5,8,14H,2-3H2,1H3;8-9,12H,5-7H2,1-4H3,(H,13,14);2-3H,11H2,1H3;3-4H2,1-2H3;3,5-6H,1-2H2;(H,6,7)/t15-,16+;12-,13+;;;8-,9+;;;;/m00..0..../s1. The van der Waals surface area contributed by atoms with Crippen molar-refractivity contribution in [1.29, 1.82) is 0 Å². The summed E-state index contributed by atoms with van der Waals surface area (Å²) < 4.78 is 144. The predicted octanol–water partition coefficient (Wildman–Crippen LogP) is 18.6. The molecule has 3 saturated heterocycles. The van der Waals surface area contributed by atoms with Gasteiger partial charge in [-0.3, -0.25) is 24.0 Å². The fourth-order valence-electron chi connectivity index (χ4n) is 16.4. The topological polar surface area (TPSA) is 400 Å². The monoisotopic (exact) mass is 2180 g/mol. The fourth-order valence-corrected chi connectivity index (χ4v) is 17.3. The van der Waals surface area contributed by atoms with Crippen LogP contribution in [0.4, 0.5) is 67.5 Å². The molecule has 8 aromatic rings. The first-order chi connectivity index (χ1) is 66.1. The number of hydrogen-bond donors (Lipinski definition) is 9. The van der Waals surface area contributed by atoms with Crippen molar-refractivity contribution in [2.45, 2.75) is 253 Å². The number of aromatic nitrogens is 3. The first-order valence-electron chi connectivity index (χ1n) is 46.7. The molecule has 6 atom stereocenters. The first kappa shape index (κ1) is 116. The van der Waals surface area contributed by atoms with Crippen LogP contribution in [0, 0.1) is 81.5 Å². The summed E-state index contributed by atoms with van der Waals surface area (Å²) in [5.41, 5.74) is 19.0. The Balaban J connectivity index is 0.000000204. The lowest BCUT2D eigenvalue weighted by molar-refractivity contribution is -0.192. The second-order valence-corrected chi connectivity index (χ2v) is 40.5. The predicted molar refractivity (Wildman–Crippen MR) is 539 cm³/mol. The molecule has 42 heteroatoms. The second-order valence-electron chi connectivity index (χ2n) is 38.1. The van der Waals surface area contributed by atoms with E-state index in [1.165, 1.54) is 52.7 Å². The van der Waals surface area contributed by atoms with Crippen molar-refractivity contribution >= 4 is 147 Å². The SMILES string of the molecule is CCOC(=O)COC.COc1cc2cc(F)c(Br)c(C)c2n(C2CC2)c1=O.COc1cc2cc(F)c(N3CC[C@@H]([C@H](C)N)C3)c(C)c2n(C2CC2)c1=O.COc1cc2cc(F)c(N3CC[C@@H]([C@H](C)NC(=O)OC(C)(C)C)C3)c(C)c2n(C2CC2)c1=O.C[C@H](NC(=O)OC(C)(C)C)[C@@H]1CCNC1.Cc1c(Br)c(F)cc(C=O)c1NC1CC1.Cc1c(N)c(C=O)cc(F)c1Br.O=C(O)C(F)(F)F.OB(O)C1CC1. The summed E-state index contributed by atoms with van der Waals surface area (Å²) in [6.07, 6.45) is 8.32. The molecule has 0 radical (unpaired) electrons. The number of nitrogen functional groups attached to an aromatic ring is 1. The highest BCUT2D eigenvalue weighted by Crippen LogP contribution is 2.46. The Hall–Kier alpha value is -10.1. The van der Waals surface area contributed by atoms with Gasteiger partial charge in [0.25, 0.3) is 16.7 Å². The van der Waals surface area contributed by atoms with Crippen LogP contribution in [0.25, 0.3) is 32.7 Å². The van der Waals surface area contributed by atoms with E-state index in [4.69, 9.17) is 55.1 Å². The number of nitrogens with two attached hydrogens (primary N) is 2. The maximum absolute atomic E-state index is 15.4. The maximum Gasteiger partial charge on any atom is 0.490 e. The summed E-state index contributed by atoms with van der Waals surface area (Å²) in [4.78, 5) is 106. The maximum atomic E-state index is 15.4. The number of carboxylic acid groups (broad SMARTS) is 1. The molecule has 2 amide bonds. The number of aliphatic carboxylic acids is 1. The van der Waals surface area contributed by atoms with Crippen LogP contribution in [-0.4, -0.2) is 195 Å². The Morgan fingerprint density at radius 3 is 1.25 bits per heavy atom. The molecule has 5 saturated carbocycles. The van der Waals surface area contributed by atoms with Crippen molar-refractivity contribution in [3.05, 3.63) is 161 Å². The van der Waals surface area contributed by atoms with E-state index in [0.29, 0.717) is 103 Å². The van der Waals surface area contributed by atoms with Crippen LogP contribution in [0.5, 0.6) is 17.2 Å². The van der Waals surface area contributed by atoms with Gasteiger partial charge in [0.1, 0.15) is 46.9 Å². The molecule has 16 rings (SSSR count). The molecule has 141 heavy (non-hydrogen) atoms. The number of amides is 2. The first-order valence-corrected chi connectivity index (χ1v) is 49.1. The van der Waals surface area contributed by atoms with Gasteiger partial charge < -0.3 is 105 Å². The number of rotatable bonds is 21. The summed E-state index contributed by atoms with van der Waals surface area (Å²) in [5.74, 6) is -2.77. The summed E-state index contributed by atoms with van der Waals surface area (Å²) in [6, 6.07) is 12.9. The number of benzene rings is 5. The molecule has 0 bridgehead atoms. The van der Waals surface area contributed by atoms with Crippen LogP contribution >= 0.6 is 47.8 Å². The Labute approximate surface area is 840 Å². The van der Waals surface area contributed by atoms with Crippen LogP contribution < -0.4 is 73.4 Å². The van der Waals surface area contributed by atoms with Crippen molar-refractivity contribution < 1.29 is 112 Å². The second kappa shape index (κ2) is 50.9. The van der Waals surface area contributed by atoms with Gasteiger partial charge in [-0.15, -0.1) is 0 Å². The van der Waals surface area contributed by atoms with E-state index in [1.54, 1.807) is 48.1 Å². The number of pyridine rings is 3. The number of nitrogens with zero attached hydrogens (tertiary/aromatic N) is 5. The molecule has 5 aliphatic carbocycles. The fraction of sp³-hybridized carbons (Fsp3) is 0.545. The average Bonchev–Trinajstić information content (AvgIpc) is 1.56. The minimum absolute atomic E-state index is 0.0494. The zero-order valence-corrected chi connectivity index (χ0v) is 87.7. The number of methoxy groups -OCH3 is 4. The number of anilines is 4. The van der Waals surface area contributed by atoms with E-state index < -0.39 is 48.2 Å². The third kappa shape index (κ3) is 31.9. The minimum Gasteiger partial charge on any atom is -0.491 e. The summed E-state index contributed by atoms with van der Waals surface area (Å²) >= 11 is 9.44. The van der Waals surface area contributed by atoms with E-state index in [0.717, 1.165) is 166 Å². The molecule has 3 aliphatic heterocycles. The van der Waals surface area contributed by atoms with Crippen molar-refractivity contribution in [2.24, 2.45) is 23.5 Å². The molecule has 11 N–H and O–H groups in total. The number of alkyl carbamates (subject to hydrolysis) is 2. The molecule has 0 unspecified atom stereocenters. The van der Waals surface area contributed by atoms with Crippen LogP contribution in [0.3, 0.4) is 0 Å².